The highest BCUT2D eigenvalue weighted by Crippen LogP contribution is 2.60. The number of aromatic nitrogens is 8. The molecular formula is C60H40N8. The molecule has 8 bridgehead atoms. The van der Waals surface area contributed by atoms with Gasteiger partial charge in [-0.3, -0.25) is 0 Å². The van der Waals surface area contributed by atoms with Gasteiger partial charge in [0.1, 0.15) is 0 Å². The van der Waals surface area contributed by atoms with Crippen LogP contribution in [-0.2, 0) is 0 Å². The first-order valence-corrected chi connectivity index (χ1v) is 24.4. The maximum atomic E-state index is 5.65. The van der Waals surface area contributed by atoms with Crippen molar-refractivity contribution in [3.63, 3.8) is 0 Å². The van der Waals surface area contributed by atoms with E-state index in [4.69, 9.17) is 39.9 Å². The molecule has 4 atom stereocenters. The van der Waals surface area contributed by atoms with E-state index in [1.807, 2.05) is 0 Å². The van der Waals surface area contributed by atoms with Crippen LogP contribution in [0.15, 0.2) is 166 Å². The highest BCUT2D eigenvalue weighted by Gasteiger charge is 2.45. The van der Waals surface area contributed by atoms with Crippen LogP contribution >= 0.6 is 0 Å². The first-order chi connectivity index (χ1) is 33.6. The lowest BCUT2D eigenvalue weighted by Crippen LogP contribution is -2.16. The molecule has 4 aromatic heterocycles. The molecule has 4 unspecified atom stereocenters. The zero-order chi connectivity index (χ0) is 43.9. The van der Waals surface area contributed by atoms with E-state index in [2.05, 4.69) is 121 Å². The van der Waals surface area contributed by atoms with Crippen molar-refractivity contribution in [3.8, 4) is 0 Å². The van der Waals surface area contributed by atoms with Gasteiger partial charge in [-0.1, -0.05) is 95.1 Å². The molecule has 0 saturated heterocycles. The molecule has 0 fully saturated rings. The summed E-state index contributed by atoms with van der Waals surface area (Å²) >= 11 is 0. The van der Waals surface area contributed by atoms with Crippen LogP contribution in [0.2, 0.25) is 0 Å². The first kappa shape index (κ1) is 36.3. The van der Waals surface area contributed by atoms with E-state index in [-0.39, 0.29) is 23.7 Å². The minimum Gasteiger partial charge on any atom is -0.248 e. The Labute approximate surface area is 391 Å². The standard InChI is InChI=1S/C60H40N8/c1-2-10-46-45(9-1)61-53-37-25-39-31-18-33-23-35-20-36-24-34-19-32-22-30(17-29(37)21-31)38(54(53)62-46)26-40(32)56-58(66-50-14-6-5-13-49(50)64-56)42(34)28-44(36)60-59(67-51-15-7-8-16-52(51)68-60)43(35)27-41(33)57-55(39)63-47-11-3-4-12-48(47)65-57/h1-16,21-24,37,40-41,44H,17-20,25-28H2. The zero-order valence-electron chi connectivity index (χ0n) is 37.1. The maximum absolute atomic E-state index is 5.65. The fourth-order valence-electron chi connectivity index (χ4n) is 13.7. The Balaban J connectivity index is 0.995. The van der Waals surface area contributed by atoms with Gasteiger partial charge in [0.05, 0.1) is 89.7 Å². The molecule has 0 aliphatic heterocycles. The summed E-state index contributed by atoms with van der Waals surface area (Å²) in [4.78, 5) is 45.1. The quantitative estimate of drug-likeness (QED) is 0.148. The molecule has 0 N–H and O–H groups in total. The van der Waals surface area contributed by atoms with Crippen LogP contribution in [0, 0.1) is 0 Å². The Kier molecular flexibility index (Phi) is 6.93. The van der Waals surface area contributed by atoms with Crippen LogP contribution in [0.25, 0.3) is 66.4 Å². The molecule has 0 amide bonds. The molecule has 4 aromatic carbocycles. The summed E-state index contributed by atoms with van der Waals surface area (Å²) < 4.78 is 0. The molecule has 68 heavy (non-hydrogen) atoms. The molecule has 0 saturated carbocycles. The largest absolute Gasteiger partial charge is 0.248 e. The van der Waals surface area contributed by atoms with E-state index in [9.17, 15) is 0 Å². The van der Waals surface area contributed by atoms with E-state index >= 15 is 0 Å². The van der Waals surface area contributed by atoms with Crippen molar-refractivity contribution in [2.45, 2.75) is 75.0 Å². The van der Waals surface area contributed by atoms with Crippen LogP contribution < -0.4 is 0 Å². The zero-order valence-corrected chi connectivity index (χ0v) is 37.1. The summed E-state index contributed by atoms with van der Waals surface area (Å²) in [6, 6.07) is 33.7. The highest BCUT2D eigenvalue weighted by molar-refractivity contribution is 5.90. The minimum atomic E-state index is 0.0279. The number of para-hydroxylation sites is 8. The molecule has 9 aliphatic rings. The van der Waals surface area contributed by atoms with Crippen molar-refractivity contribution in [1.29, 1.82) is 0 Å². The predicted molar refractivity (Wildman–Crippen MR) is 266 cm³/mol. The van der Waals surface area contributed by atoms with E-state index in [1.165, 1.54) is 66.9 Å². The van der Waals surface area contributed by atoms with Gasteiger partial charge in [-0.2, -0.15) is 0 Å². The summed E-state index contributed by atoms with van der Waals surface area (Å²) in [5.41, 5.74) is 32.2. The van der Waals surface area contributed by atoms with E-state index in [0.717, 1.165) is 141 Å². The van der Waals surface area contributed by atoms with Gasteiger partial charge < -0.3 is 0 Å². The second-order valence-corrected chi connectivity index (χ2v) is 20.4. The molecule has 0 spiro atoms. The smallest absolute Gasteiger partial charge is 0.0894 e. The van der Waals surface area contributed by atoms with Crippen molar-refractivity contribution < 1.29 is 0 Å². The molecule has 17 rings (SSSR count). The second-order valence-electron chi connectivity index (χ2n) is 20.4. The van der Waals surface area contributed by atoms with E-state index < -0.39 is 0 Å². The van der Waals surface area contributed by atoms with E-state index in [1.54, 1.807) is 0 Å². The SMILES string of the molecule is C1=C2CC3=C4CC5C(=C3)CC3=C(CC6C(=C3)CC3=C(CC7C(=C3)CC1=C(CC2c1nc2ccccc2nc14)c1nc2ccccc2nc17)c1nc2ccccc2nc16)c1nc2ccccc2nc15. The van der Waals surface area contributed by atoms with Crippen LogP contribution in [0.5, 0.6) is 0 Å². The number of hydrogen-bond donors (Lipinski definition) is 0. The molecule has 0 radical (unpaired) electrons. The normalized spacial score (nSPS) is 23.5. The summed E-state index contributed by atoms with van der Waals surface area (Å²) in [7, 11) is 0. The monoisotopic (exact) mass is 872 g/mol. The van der Waals surface area contributed by atoms with Crippen LogP contribution in [-0.4, -0.2) is 39.9 Å². The van der Waals surface area contributed by atoms with Gasteiger partial charge in [0, 0.05) is 23.7 Å². The molecule has 8 heteroatoms. The van der Waals surface area contributed by atoms with Gasteiger partial charge in [0.2, 0.25) is 0 Å². The maximum Gasteiger partial charge on any atom is 0.0894 e. The van der Waals surface area contributed by atoms with Gasteiger partial charge in [-0.15, -0.1) is 0 Å². The lowest BCUT2D eigenvalue weighted by molar-refractivity contribution is 0.743. The third-order valence-corrected chi connectivity index (χ3v) is 16.8. The number of nitrogens with zero attached hydrogens (tertiary/aromatic N) is 8. The number of allylic oxidation sites excluding steroid dienone is 16. The van der Waals surface area contributed by atoms with Crippen LogP contribution in [0.3, 0.4) is 0 Å². The number of hydrogen-bond acceptors (Lipinski definition) is 8. The molecule has 8 nitrogen and oxygen atoms in total. The van der Waals surface area contributed by atoms with Crippen molar-refractivity contribution in [3.05, 3.63) is 212 Å². The lowest BCUT2D eigenvalue weighted by Gasteiger charge is -2.28. The molecule has 320 valence electrons. The average molecular weight is 873 g/mol. The average Bonchev–Trinajstić information content (AvgIpc) is 3.70. The lowest BCUT2D eigenvalue weighted by atomic mass is 9.75. The highest BCUT2D eigenvalue weighted by atomic mass is 14.9. The second kappa shape index (κ2) is 13.0. The van der Waals surface area contributed by atoms with Gasteiger partial charge >= 0.3 is 0 Å². The number of rotatable bonds is 0. The Morgan fingerprint density at radius 3 is 0.691 bits per heavy atom. The third-order valence-electron chi connectivity index (χ3n) is 16.8. The first-order valence-electron chi connectivity index (χ1n) is 24.4. The third kappa shape index (κ3) is 4.94. The fraction of sp³-hybridized carbons (Fsp3) is 0.200. The van der Waals surface area contributed by atoms with Crippen molar-refractivity contribution >= 4 is 66.4 Å². The minimum absolute atomic E-state index is 0.0279. The van der Waals surface area contributed by atoms with Gasteiger partial charge in [0.25, 0.3) is 0 Å². The summed E-state index contributed by atoms with van der Waals surface area (Å²) in [6.45, 7) is 0. The Morgan fingerprint density at radius 2 is 0.471 bits per heavy atom. The summed E-state index contributed by atoms with van der Waals surface area (Å²) in [6.07, 6.45) is 16.8. The summed E-state index contributed by atoms with van der Waals surface area (Å²) in [5, 5.41) is 0. The fourth-order valence-corrected chi connectivity index (χ4v) is 13.7. The Hall–Kier alpha value is -7.84. The Morgan fingerprint density at radius 1 is 0.265 bits per heavy atom. The molecule has 9 aliphatic carbocycles. The van der Waals surface area contributed by atoms with Crippen molar-refractivity contribution in [1.82, 2.24) is 39.9 Å². The van der Waals surface area contributed by atoms with Gasteiger partial charge in [0.15, 0.2) is 0 Å². The van der Waals surface area contributed by atoms with Crippen molar-refractivity contribution in [2.75, 3.05) is 0 Å². The summed E-state index contributed by atoms with van der Waals surface area (Å²) in [5.74, 6) is 0.112. The van der Waals surface area contributed by atoms with Crippen LogP contribution in [0.1, 0.15) is 121 Å². The Bertz CT molecular complexity index is 3540. The van der Waals surface area contributed by atoms with Gasteiger partial charge in [-0.25, -0.2) is 39.9 Å². The van der Waals surface area contributed by atoms with Crippen LogP contribution in [0.4, 0.5) is 0 Å². The number of benzene rings is 4. The topological polar surface area (TPSA) is 103 Å². The predicted octanol–water partition coefficient (Wildman–Crippen LogP) is 12.9. The van der Waals surface area contributed by atoms with Crippen molar-refractivity contribution in [2.24, 2.45) is 0 Å². The number of fused-ring (bicyclic) bond motifs is 16. The molecular weight excluding hydrogens is 833 g/mol. The van der Waals surface area contributed by atoms with Gasteiger partial charge in [-0.05, 0) is 144 Å². The van der Waals surface area contributed by atoms with E-state index in [0.29, 0.717) is 0 Å². The molecule has 4 heterocycles. The molecule has 8 aromatic rings.